The van der Waals surface area contributed by atoms with E-state index in [0.717, 1.165) is 13.1 Å². The third kappa shape index (κ3) is 2.49. The number of likely N-dealkylation sites (tertiary alicyclic amines) is 1. The third-order valence-electron chi connectivity index (χ3n) is 2.80. The van der Waals surface area contributed by atoms with E-state index in [1.54, 1.807) is 0 Å². The maximum Gasteiger partial charge on any atom is 0.160 e. The van der Waals surface area contributed by atoms with Crippen LogP contribution >= 0.6 is 0 Å². The molecular weight excluding hydrogens is 202 g/mol. The van der Waals surface area contributed by atoms with Crippen LogP contribution in [0.2, 0.25) is 0 Å². The molecule has 84 valence electrons. The number of rotatable bonds is 2. The van der Waals surface area contributed by atoms with Crippen molar-refractivity contribution in [2.24, 2.45) is 0 Å². The lowest BCUT2D eigenvalue weighted by atomic mass is 10.0. The molecule has 0 amide bonds. The van der Waals surface area contributed by atoms with Crippen LogP contribution in [0.5, 0.6) is 0 Å². The van der Waals surface area contributed by atoms with Crippen LogP contribution in [0.3, 0.4) is 0 Å². The standard InChI is InChI=1S/C13H15NO2/c15-10-12-9-14(7-6-13(12)16)8-11-4-2-1-3-5-11/h1-5,10,15H,6-9H2/p-1/b12-10+. The van der Waals surface area contributed by atoms with Gasteiger partial charge in [0.1, 0.15) is 0 Å². The van der Waals surface area contributed by atoms with E-state index >= 15 is 0 Å². The highest BCUT2D eigenvalue weighted by Gasteiger charge is 2.19. The van der Waals surface area contributed by atoms with Gasteiger partial charge in [0.05, 0.1) is 0 Å². The average Bonchev–Trinajstić information content (AvgIpc) is 2.33. The monoisotopic (exact) mass is 216 g/mol. The number of ketones is 1. The smallest absolute Gasteiger partial charge is 0.160 e. The summed E-state index contributed by atoms with van der Waals surface area (Å²) in [6.45, 7) is 2.02. The second-order valence-corrected chi connectivity index (χ2v) is 4.01. The van der Waals surface area contributed by atoms with Crippen molar-refractivity contribution in [2.75, 3.05) is 13.1 Å². The Balaban J connectivity index is 2.00. The lowest BCUT2D eigenvalue weighted by Crippen LogP contribution is -2.35. The molecular formula is C13H14NO2-. The molecule has 2 rings (SSSR count). The van der Waals surface area contributed by atoms with Crippen molar-refractivity contribution >= 4 is 5.78 Å². The van der Waals surface area contributed by atoms with Crippen molar-refractivity contribution in [1.29, 1.82) is 0 Å². The fourth-order valence-electron chi connectivity index (χ4n) is 1.91. The Morgan fingerprint density at radius 2 is 2.06 bits per heavy atom. The fraction of sp³-hybridized carbons (Fsp3) is 0.308. The molecule has 1 saturated heterocycles. The summed E-state index contributed by atoms with van der Waals surface area (Å²) >= 11 is 0. The summed E-state index contributed by atoms with van der Waals surface area (Å²) in [6, 6.07) is 10.1. The molecule has 0 N–H and O–H groups in total. The number of carbonyl (C=O) groups excluding carboxylic acids is 1. The maximum absolute atomic E-state index is 11.3. The molecule has 1 fully saturated rings. The Bertz CT molecular complexity index is 398. The fourth-order valence-corrected chi connectivity index (χ4v) is 1.91. The molecule has 1 aliphatic rings. The normalized spacial score (nSPS) is 20.2. The van der Waals surface area contributed by atoms with Gasteiger partial charge in [-0.3, -0.25) is 9.69 Å². The first-order valence-corrected chi connectivity index (χ1v) is 5.40. The van der Waals surface area contributed by atoms with E-state index in [4.69, 9.17) is 0 Å². The zero-order valence-corrected chi connectivity index (χ0v) is 9.06. The zero-order chi connectivity index (χ0) is 11.4. The van der Waals surface area contributed by atoms with Crippen molar-refractivity contribution in [3.8, 4) is 0 Å². The average molecular weight is 216 g/mol. The van der Waals surface area contributed by atoms with Crippen LogP contribution in [0.25, 0.3) is 0 Å². The summed E-state index contributed by atoms with van der Waals surface area (Å²) in [5, 5.41) is 10.7. The molecule has 3 nitrogen and oxygen atoms in total. The van der Waals surface area contributed by atoms with Crippen molar-refractivity contribution in [2.45, 2.75) is 13.0 Å². The first-order valence-electron chi connectivity index (χ1n) is 5.40. The van der Waals surface area contributed by atoms with Gasteiger partial charge >= 0.3 is 0 Å². The summed E-state index contributed by atoms with van der Waals surface area (Å²) in [5.41, 5.74) is 1.62. The molecule has 1 aromatic carbocycles. The molecule has 0 radical (unpaired) electrons. The van der Waals surface area contributed by atoms with Gasteiger partial charge in [0.2, 0.25) is 0 Å². The van der Waals surface area contributed by atoms with E-state index in [-0.39, 0.29) is 5.78 Å². The minimum absolute atomic E-state index is 0.000637. The van der Waals surface area contributed by atoms with Gasteiger partial charge in [-0.2, -0.15) is 0 Å². The summed E-state index contributed by atoms with van der Waals surface area (Å²) in [6.07, 6.45) is 1.15. The number of benzene rings is 1. The van der Waals surface area contributed by atoms with Gasteiger partial charge in [-0.05, 0) is 11.1 Å². The molecule has 0 bridgehead atoms. The summed E-state index contributed by atoms with van der Waals surface area (Å²) < 4.78 is 0. The number of Topliss-reactive ketones (excluding diaryl/α,β-unsaturated/α-hetero) is 1. The van der Waals surface area contributed by atoms with Gasteiger partial charge in [0, 0.05) is 26.1 Å². The third-order valence-corrected chi connectivity index (χ3v) is 2.80. The van der Waals surface area contributed by atoms with Gasteiger partial charge in [-0.25, -0.2) is 0 Å². The minimum Gasteiger partial charge on any atom is -0.878 e. The Morgan fingerprint density at radius 3 is 2.75 bits per heavy atom. The van der Waals surface area contributed by atoms with Crippen LogP contribution in [-0.4, -0.2) is 23.8 Å². The molecule has 1 heterocycles. The molecule has 0 unspecified atom stereocenters. The molecule has 0 spiro atoms. The highest BCUT2D eigenvalue weighted by atomic mass is 16.2. The van der Waals surface area contributed by atoms with Gasteiger partial charge in [-0.15, -0.1) is 6.26 Å². The van der Waals surface area contributed by atoms with Crippen LogP contribution < -0.4 is 5.11 Å². The molecule has 1 aliphatic heterocycles. The maximum atomic E-state index is 11.3. The number of piperidine rings is 1. The van der Waals surface area contributed by atoms with Crippen molar-refractivity contribution in [1.82, 2.24) is 4.90 Å². The number of nitrogens with zero attached hydrogens (tertiary/aromatic N) is 1. The summed E-state index contributed by atoms with van der Waals surface area (Å²) in [5.74, 6) is -0.000637. The van der Waals surface area contributed by atoms with E-state index < -0.39 is 0 Å². The minimum atomic E-state index is -0.000637. The highest BCUT2D eigenvalue weighted by Crippen LogP contribution is 2.14. The van der Waals surface area contributed by atoms with Crippen LogP contribution in [0, 0.1) is 0 Å². The van der Waals surface area contributed by atoms with Gasteiger partial charge in [0.25, 0.3) is 0 Å². The molecule has 0 atom stereocenters. The Hall–Kier alpha value is -1.61. The molecule has 3 heteroatoms. The van der Waals surface area contributed by atoms with E-state index in [2.05, 4.69) is 17.0 Å². The van der Waals surface area contributed by atoms with E-state index in [0.29, 0.717) is 24.8 Å². The Labute approximate surface area is 95.0 Å². The first-order chi connectivity index (χ1) is 7.79. The number of carbonyl (C=O) groups is 1. The molecule has 0 aliphatic carbocycles. The SMILES string of the molecule is O=C1CCN(Cc2ccccc2)C/C1=C\[O-]. The van der Waals surface area contributed by atoms with Crippen molar-refractivity contribution < 1.29 is 9.90 Å². The highest BCUT2D eigenvalue weighted by molar-refractivity contribution is 5.96. The van der Waals surface area contributed by atoms with Crippen LogP contribution in [0.15, 0.2) is 42.2 Å². The topological polar surface area (TPSA) is 43.4 Å². The van der Waals surface area contributed by atoms with Gasteiger partial charge in [0.15, 0.2) is 5.78 Å². The van der Waals surface area contributed by atoms with Crippen molar-refractivity contribution in [3.63, 3.8) is 0 Å². The molecule has 16 heavy (non-hydrogen) atoms. The quantitative estimate of drug-likeness (QED) is 0.540. The Morgan fingerprint density at radius 1 is 1.31 bits per heavy atom. The predicted octanol–water partition coefficient (Wildman–Crippen LogP) is 0.706. The molecule has 0 saturated carbocycles. The van der Waals surface area contributed by atoms with Gasteiger partial charge < -0.3 is 5.11 Å². The Kier molecular flexibility index (Phi) is 3.37. The lowest BCUT2D eigenvalue weighted by Gasteiger charge is -2.28. The van der Waals surface area contributed by atoms with E-state index in [1.807, 2.05) is 18.2 Å². The van der Waals surface area contributed by atoms with Crippen LogP contribution in [0.1, 0.15) is 12.0 Å². The summed E-state index contributed by atoms with van der Waals surface area (Å²) in [4.78, 5) is 13.5. The van der Waals surface area contributed by atoms with Gasteiger partial charge in [-0.1, -0.05) is 30.3 Å². The number of hydrogen-bond donors (Lipinski definition) is 0. The van der Waals surface area contributed by atoms with E-state index in [9.17, 15) is 9.90 Å². The van der Waals surface area contributed by atoms with E-state index in [1.165, 1.54) is 5.56 Å². The largest absolute Gasteiger partial charge is 0.878 e. The summed E-state index contributed by atoms with van der Waals surface area (Å²) in [7, 11) is 0. The van der Waals surface area contributed by atoms with Crippen LogP contribution in [-0.2, 0) is 11.3 Å². The predicted molar refractivity (Wildman–Crippen MR) is 59.4 cm³/mol. The lowest BCUT2D eigenvalue weighted by molar-refractivity contribution is -0.276. The second-order valence-electron chi connectivity index (χ2n) is 4.01. The zero-order valence-electron chi connectivity index (χ0n) is 9.06. The second kappa shape index (κ2) is 4.94. The van der Waals surface area contributed by atoms with Crippen LogP contribution in [0.4, 0.5) is 0 Å². The molecule has 1 aromatic rings. The first kappa shape index (κ1) is 10.9. The number of hydrogen-bond acceptors (Lipinski definition) is 3. The molecule has 0 aromatic heterocycles. The van der Waals surface area contributed by atoms with Crippen molar-refractivity contribution in [3.05, 3.63) is 47.7 Å².